The van der Waals surface area contributed by atoms with Gasteiger partial charge < -0.3 is 0 Å². The first-order valence-electron chi connectivity index (χ1n) is 10.5. The first-order valence-corrected chi connectivity index (χ1v) is 17.1. The van der Waals surface area contributed by atoms with Gasteiger partial charge in [0.25, 0.3) is 0 Å². The van der Waals surface area contributed by atoms with Gasteiger partial charge in [-0.1, -0.05) is 12.1 Å². The van der Waals surface area contributed by atoms with Crippen LogP contribution in [0.3, 0.4) is 0 Å². The van der Waals surface area contributed by atoms with Crippen molar-refractivity contribution in [3.05, 3.63) is 69.0 Å². The van der Waals surface area contributed by atoms with E-state index in [0.717, 1.165) is 0 Å². The molecule has 0 saturated heterocycles. The Labute approximate surface area is 226 Å². The van der Waals surface area contributed by atoms with Crippen molar-refractivity contribution in [1.82, 2.24) is 0 Å². The fraction of sp³-hybridized carbons (Fsp3) is 0. The minimum atomic E-state index is 1.34. The molecule has 8 rings (SSSR count). The van der Waals surface area contributed by atoms with Gasteiger partial charge in [-0.05, 0) is 59.3 Å². The summed E-state index contributed by atoms with van der Waals surface area (Å²) in [6, 6.07) is 18.2. The molecule has 0 radical (unpaired) electrons. The molecular weight excluding hydrogens is 569 g/mol. The van der Waals surface area contributed by atoms with E-state index in [0.29, 0.717) is 0 Å². The van der Waals surface area contributed by atoms with Crippen LogP contribution in [-0.4, -0.2) is 0 Å². The molecule has 0 saturated carbocycles. The highest BCUT2D eigenvalue weighted by Crippen LogP contribution is 2.48. The zero-order valence-corrected chi connectivity index (χ0v) is 23.7. The van der Waals surface area contributed by atoms with E-state index in [2.05, 4.69) is 71.4 Å². The van der Waals surface area contributed by atoms with Crippen LogP contribution >= 0.6 is 90.7 Å². The van der Waals surface area contributed by atoms with E-state index >= 15 is 0 Å². The summed E-state index contributed by atoms with van der Waals surface area (Å²) in [6.45, 7) is 0. The van der Waals surface area contributed by atoms with Gasteiger partial charge in [-0.25, -0.2) is 0 Å². The van der Waals surface area contributed by atoms with Gasteiger partial charge in [0.15, 0.2) is 0 Å². The first kappa shape index (κ1) is 20.6. The van der Waals surface area contributed by atoms with Crippen LogP contribution < -0.4 is 0 Å². The predicted molar refractivity (Wildman–Crippen MR) is 166 cm³/mol. The van der Waals surface area contributed by atoms with Crippen molar-refractivity contribution in [2.24, 2.45) is 0 Å². The van der Waals surface area contributed by atoms with Crippen LogP contribution in [0, 0.1) is 0 Å². The zero-order valence-electron chi connectivity index (χ0n) is 17.2. The Kier molecular flexibility index (Phi) is 4.80. The van der Waals surface area contributed by atoms with Crippen LogP contribution in [0.25, 0.3) is 69.3 Å². The highest BCUT2D eigenvalue weighted by molar-refractivity contribution is 7.51. The third kappa shape index (κ3) is 3.28. The van der Waals surface area contributed by atoms with E-state index in [1.54, 1.807) is 0 Å². The van der Waals surface area contributed by atoms with Crippen LogP contribution in [0.1, 0.15) is 9.75 Å². The van der Waals surface area contributed by atoms with Crippen molar-refractivity contribution < 1.29 is 0 Å². The van der Waals surface area contributed by atoms with Crippen molar-refractivity contribution in [2.45, 2.75) is 0 Å². The Morgan fingerprint density at radius 2 is 0.882 bits per heavy atom. The summed E-state index contributed by atoms with van der Waals surface area (Å²) >= 11 is 15.2. The molecule has 0 spiro atoms. The lowest BCUT2D eigenvalue weighted by Gasteiger charge is -1.86. The molecule has 8 aromatic heterocycles. The Morgan fingerprint density at radius 3 is 1.32 bits per heavy atom. The minimum absolute atomic E-state index is 1.34. The van der Waals surface area contributed by atoms with E-state index < -0.39 is 0 Å². The second kappa shape index (κ2) is 7.94. The Bertz CT molecular complexity index is 1810. The standard InChI is InChI=1S/C26H12S8/c1-3-19(27-7-1)21-11-17-15-9-13(29-23(15)33-25(17)31-21)5-6-14-10-16-18-12-22(20-4-2-8-28-20)32-26(18)34-24(16)30-14/h1-12H/b6-5+. The van der Waals surface area contributed by atoms with Crippen LogP contribution in [0.2, 0.25) is 0 Å². The fourth-order valence-corrected chi connectivity index (χ4v) is 13.8. The summed E-state index contributed by atoms with van der Waals surface area (Å²) in [6.07, 6.45) is 4.60. The molecule has 0 aliphatic carbocycles. The van der Waals surface area contributed by atoms with Gasteiger partial charge in [0.05, 0.1) is 16.1 Å². The number of hydrogen-bond acceptors (Lipinski definition) is 8. The molecule has 164 valence electrons. The normalized spacial score (nSPS) is 12.6. The van der Waals surface area contributed by atoms with Gasteiger partial charge >= 0.3 is 0 Å². The van der Waals surface area contributed by atoms with E-state index in [1.807, 2.05) is 90.7 Å². The van der Waals surface area contributed by atoms with Gasteiger partial charge in [-0.3, -0.25) is 0 Å². The Balaban J connectivity index is 1.13. The zero-order chi connectivity index (χ0) is 22.2. The third-order valence-electron chi connectivity index (χ3n) is 5.72. The molecule has 0 aliphatic rings. The van der Waals surface area contributed by atoms with Crippen LogP contribution in [0.15, 0.2) is 59.3 Å². The molecule has 0 bridgehead atoms. The molecule has 0 aliphatic heterocycles. The lowest BCUT2D eigenvalue weighted by molar-refractivity contribution is 1.96. The van der Waals surface area contributed by atoms with Crippen molar-refractivity contribution in [3.63, 3.8) is 0 Å². The van der Waals surface area contributed by atoms with E-state index in [1.165, 1.54) is 66.9 Å². The maximum absolute atomic E-state index is 2.38. The monoisotopic (exact) mass is 580 g/mol. The number of rotatable bonds is 4. The van der Waals surface area contributed by atoms with Gasteiger partial charge in [-0.15, -0.1) is 90.7 Å². The summed E-state index contributed by atoms with van der Waals surface area (Å²) in [4.78, 5) is 8.20. The molecule has 8 heterocycles. The molecule has 0 nitrogen and oxygen atoms in total. The topological polar surface area (TPSA) is 0 Å². The second-order valence-corrected chi connectivity index (χ2v) is 17.1. The predicted octanol–water partition coefficient (Wildman–Crippen LogP) is 12.3. The summed E-state index contributed by atoms with van der Waals surface area (Å²) < 4.78 is 5.76. The molecule has 0 amide bonds. The molecule has 8 heteroatoms. The maximum atomic E-state index is 2.38. The molecule has 0 atom stereocenters. The lowest BCUT2D eigenvalue weighted by Crippen LogP contribution is -1.60. The third-order valence-corrected chi connectivity index (χ3v) is 15.1. The summed E-state index contributed by atoms with van der Waals surface area (Å²) in [5.41, 5.74) is 0. The van der Waals surface area contributed by atoms with Gasteiger partial charge in [-0.2, -0.15) is 0 Å². The maximum Gasteiger partial charge on any atom is 0.0893 e. The van der Waals surface area contributed by atoms with Crippen molar-refractivity contribution >= 4 is 140 Å². The largest absolute Gasteiger partial charge is 0.143 e. The van der Waals surface area contributed by atoms with Crippen LogP contribution in [0.5, 0.6) is 0 Å². The molecule has 0 unspecified atom stereocenters. The molecule has 0 fully saturated rings. The van der Waals surface area contributed by atoms with E-state index in [-0.39, 0.29) is 0 Å². The number of hydrogen-bond donors (Lipinski definition) is 0. The van der Waals surface area contributed by atoms with Crippen molar-refractivity contribution in [2.75, 3.05) is 0 Å². The average molecular weight is 581 g/mol. The smallest absolute Gasteiger partial charge is 0.0893 e. The molecular formula is C26H12S8. The molecule has 0 aromatic carbocycles. The summed E-state index contributed by atoms with van der Waals surface area (Å²) in [5, 5.41) is 9.98. The van der Waals surface area contributed by atoms with Crippen LogP contribution in [-0.2, 0) is 0 Å². The molecule has 34 heavy (non-hydrogen) atoms. The van der Waals surface area contributed by atoms with Crippen molar-refractivity contribution in [1.29, 1.82) is 0 Å². The first-order chi connectivity index (χ1) is 16.8. The second-order valence-electron chi connectivity index (χ2n) is 7.82. The fourth-order valence-electron chi connectivity index (χ4n) is 4.17. The Morgan fingerprint density at radius 1 is 0.441 bits per heavy atom. The van der Waals surface area contributed by atoms with E-state index in [4.69, 9.17) is 0 Å². The SMILES string of the molecule is C(=C\c1cc2c(s1)sc1sc(-c3cccs3)cc12)/c1cc2c(s1)sc1sc(-c3cccs3)cc12. The van der Waals surface area contributed by atoms with Gasteiger partial charge in [0.2, 0.25) is 0 Å². The highest BCUT2D eigenvalue weighted by atomic mass is 32.2. The molecule has 0 N–H and O–H groups in total. The van der Waals surface area contributed by atoms with Gasteiger partial charge in [0, 0.05) is 50.8 Å². The lowest BCUT2D eigenvalue weighted by atomic mass is 10.2. The van der Waals surface area contributed by atoms with E-state index in [9.17, 15) is 0 Å². The Hall–Kier alpha value is -1.62. The van der Waals surface area contributed by atoms with Crippen LogP contribution in [0.4, 0.5) is 0 Å². The van der Waals surface area contributed by atoms with Gasteiger partial charge in [0.1, 0.15) is 0 Å². The minimum Gasteiger partial charge on any atom is -0.143 e. The van der Waals surface area contributed by atoms with Crippen molar-refractivity contribution in [3.8, 4) is 19.5 Å². The number of fused-ring (bicyclic) bond motifs is 6. The highest BCUT2D eigenvalue weighted by Gasteiger charge is 2.15. The summed E-state index contributed by atoms with van der Waals surface area (Å²) in [5.74, 6) is 0. The average Bonchev–Trinajstić information content (AvgIpc) is 3.62. The quantitative estimate of drug-likeness (QED) is 0.194. The number of thiophene rings is 8. The summed E-state index contributed by atoms with van der Waals surface area (Å²) in [7, 11) is 0. The molecule has 8 aromatic rings.